The molecule has 0 N–H and O–H groups in total. The fourth-order valence-electron chi connectivity index (χ4n) is 3.32. The van der Waals surface area contributed by atoms with E-state index in [2.05, 4.69) is 0 Å². The van der Waals surface area contributed by atoms with Crippen molar-refractivity contribution >= 4 is 23.4 Å². The van der Waals surface area contributed by atoms with Crippen LogP contribution in [0.4, 0.5) is 4.39 Å². The average Bonchev–Trinajstić information content (AvgIpc) is 3.02. The van der Waals surface area contributed by atoms with E-state index in [0.29, 0.717) is 32.8 Å². The van der Waals surface area contributed by atoms with E-state index in [1.54, 1.807) is 13.2 Å². The molecule has 2 heterocycles. The Bertz CT molecular complexity index is 616. The third kappa shape index (κ3) is 3.11. The number of halogens is 2. The fraction of sp³-hybridized carbons (Fsp3) is 0.500. The molecule has 1 aromatic rings. The first-order valence-electron chi connectivity index (χ1n) is 7.51. The summed E-state index contributed by atoms with van der Waals surface area (Å²) in [6, 6.07) is 4.67. The molecule has 0 aromatic heterocycles. The molecule has 124 valence electrons. The van der Waals surface area contributed by atoms with Crippen LogP contribution in [0.5, 0.6) is 0 Å². The van der Waals surface area contributed by atoms with Crippen molar-refractivity contribution < 1.29 is 18.7 Å². The molecule has 2 aliphatic heterocycles. The third-order valence-corrected chi connectivity index (χ3v) is 4.78. The number of amides is 2. The molecular formula is C16H18ClFN2O3. The molecule has 2 amide bonds. The van der Waals surface area contributed by atoms with Crippen molar-refractivity contribution in [2.24, 2.45) is 11.8 Å². The summed E-state index contributed by atoms with van der Waals surface area (Å²) in [4.78, 5) is 28.0. The molecule has 0 unspecified atom stereocenters. The highest BCUT2D eigenvalue weighted by molar-refractivity contribution is 6.30. The van der Waals surface area contributed by atoms with Crippen molar-refractivity contribution in [2.45, 2.75) is 6.54 Å². The van der Waals surface area contributed by atoms with Gasteiger partial charge in [-0.3, -0.25) is 19.4 Å². The number of hydrogen-bond donors (Lipinski definition) is 0. The van der Waals surface area contributed by atoms with Gasteiger partial charge in [0.05, 0.1) is 30.0 Å². The summed E-state index contributed by atoms with van der Waals surface area (Å²) in [5.74, 6) is -1.29. The van der Waals surface area contributed by atoms with Crippen molar-refractivity contribution in [3.8, 4) is 0 Å². The van der Waals surface area contributed by atoms with Crippen LogP contribution in [0.3, 0.4) is 0 Å². The van der Waals surface area contributed by atoms with E-state index in [1.807, 2.05) is 4.90 Å². The van der Waals surface area contributed by atoms with Crippen LogP contribution in [0.2, 0.25) is 5.02 Å². The van der Waals surface area contributed by atoms with E-state index in [1.165, 1.54) is 17.0 Å². The van der Waals surface area contributed by atoms with Crippen molar-refractivity contribution in [2.75, 3.05) is 33.4 Å². The van der Waals surface area contributed by atoms with E-state index >= 15 is 0 Å². The van der Waals surface area contributed by atoms with Crippen LogP contribution in [-0.4, -0.2) is 55.0 Å². The molecule has 7 heteroatoms. The first kappa shape index (κ1) is 16.4. The maximum Gasteiger partial charge on any atom is 0.234 e. The zero-order valence-electron chi connectivity index (χ0n) is 12.8. The van der Waals surface area contributed by atoms with Crippen molar-refractivity contribution in [3.63, 3.8) is 0 Å². The molecule has 1 aromatic carbocycles. The lowest BCUT2D eigenvalue weighted by molar-refractivity contribution is -0.141. The second kappa shape index (κ2) is 6.55. The Balaban J connectivity index is 1.65. The van der Waals surface area contributed by atoms with Gasteiger partial charge in [0.25, 0.3) is 0 Å². The Morgan fingerprint density at radius 1 is 1.26 bits per heavy atom. The molecule has 0 radical (unpaired) electrons. The second-order valence-electron chi connectivity index (χ2n) is 5.98. The smallest absolute Gasteiger partial charge is 0.234 e. The van der Waals surface area contributed by atoms with Gasteiger partial charge in [-0.25, -0.2) is 4.39 Å². The number of carbonyl (C=O) groups is 2. The maximum absolute atomic E-state index is 13.5. The summed E-state index contributed by atoms with van der Waals surface area (Å²) in [7, 11) is 1.54. The summed E-state index contributed by atoms with van der Waals surface area (Å²) in [5, 5.41) is 0.0891. The predicted octanol–water partition coefficient (Wildman–Crippen LogP) is 1.54. The number of nitrogens with zero attached hydrogens (tertiary/aromatic N) is 2. The van der Waals surface area contributed by atoms with Gasteiger partial charge in [-0.2, -0.15) is 0 Å². The summed E-state index contributed by atoms with van der Waals surface area (Å²) in [6.07, 6.45) is 0. The number of imide groups is 1. The molecule has 0 bridgehead atoms. The molecule has 2 aliphatic rings. The number of ether oxygens (including phenoxy) is 1. The lowest BCUT2D eigenvalue weighted by Crippen LogP contribution is -2.37. The average molecular weight is 341 g/mol. The second-order valence-corrected chi connectivity index (χ2v) is 6.38. The highest BCUT2D eigenvalue weighted by Gasteiger charge is 2.51. The Morgan fingerprint density at radius 2 is 1.91 bits per heavy atom. The summed E-state index contributed by atoms with van der Waals surface area (Å²) in [5.41, 5.74) is 0.781. The summed E-state index contributed by atoms with van der Waals surface area (Å²) in [6.45, 7) is 2.19. The van der Waals surface area contributed by atoms with E-state index in [-0.39, 0.29) is 28.7 Å². The molecule has 2 saturated heterocycles. The fourth-order valence-corrected chi connectivity index (χ4v) is 3.44. The topological polar surface area (TPSA) is 49.9 Å². The molecular weight excluding hydrogens is 323 g/mol. The Morgan fingerprint density at radius 3 is 2.48 bits per heavy atom. The number of fused-ring (bicyclic) bond motifs is 1. The molecule has 23 heavy (non-hydrogen) atoms. The molecule has 0 spiro atoms. The first-order chi connectivity index (χ1) is 11.0. The highest BCUT2D eigenvalue weighted by Crippen LogP contribution is 2.34. The third-order valence-electron chi connectivity index (χ3n) is 4.47. The van der Waals surface area contributed by atoms with Gasteiger partial charge in [-0.05, 0) is 17.7 Å². The van der Waals surface area contributed by atoms with Crippen LogP contribution in [0.25, 0.3) is 0 Å². The van der Waals surface area contributed by atoms with E-state index in [0.717, 1.165) is 5.56 Å². The Labute approximate surface area is 138 Å². The minimum Gasteiger partial charge on any atom is -0.383 e. The largest absolute Gasteiger partial charge is 0.383 e. The Kier molecular flexibility index (Phi) is 4.66. The van der Waals surface area contributed by atoms with Crippen molar-refractivity contribution in [1.82, 2.24) is 9.80 Å². The molecule has 2 fully saturated rings. The van der Waals surface area contributed by atoms with Crippen LogP contribution in [0, 0.1) is 17.7 Å². The molecule has 0 saturated carbocycles. The maximum atomic E-state index is 13.5. The number of rotatable bonds is 5. The van der Waals surface area contributed by atoms with E-state index in [4.69, 9.17) is 16.3 Å². The van der Waals surface area contributed by atoms with E-state index < -0.39 is 5.82 Å². The SMILES string of the molecule is COCCN1C(=O)[C@H]2CN(Cc3ccc(Cl)c(F)c3)C[C@H]2C1=O. The lowest BCUT2D eigenvalue weighted by Gasteiger charge is -2.20. The van der Waals surface area contributed by atoms with E-state index in [9.17, 15) is 14.0 Å². The van der Waals surface area contributed by atoms with Crippen LogP contribution >= 0.6 is 11.6 Å². The van der Waals surface area contributed by atoms with Crippen molar-refractivity contribution in [3.05, 3.63) is 34.6 Å². The lowest BCUT2D eigenvalue weighted by atomic mass is 10.00. The molecule has 2 atom stereocenters. The number of likely N-dealkylation sites (tertiary alicyclic amines) is 2. The minimum absolute atomic E-state index is 0.0891. The number of methoxy groups -OCH3 is 1. The van der Waals surface area contributed by atoms with Gasteiger partial charge < -0.3 is 4.74 Å². The zero-order chi connectivity index (χ0) is 16.6. The van der Waals surface area contributed by atoms with Crippen LogP contribution < -0.4 is 0 Å². The monoisotopic (exact) mass is 340 g/mol. The van der Waals surface area contributed by atoms with Gasteiger partial charge in [0, 0.05) is 26.7 Å². The Hall–Kier alpha value is -1.50. The first-order valence-corrected chi connectivity index (χ1v) is 7.89. The van der Waals surface area contributed by atoms with Gasteiger partial charge in [-0.15, -0.1) is 0 Å². The summed E-state index contributed by atoms with van der Waals surface area (Å²) < 4.78 is 18.4. The predicted molar refractivity (Wildman–Crippen MR) is 82.3 cm³/mol. The van der Waals surface area contributed by atoms with Gasteiger partial charge in [-0.1, -0.05) is 17.7 Å². The minimum atomic E-state index is -0.457. The van der Waals surface area contributed by atoms with Crippen LogP contribution in [0.15, 0.2) is 18.2 Å². The van der Waals surface area contributed by atoms with Gasteiger partial charge in [0.1, 0.15) is 5.82 Å². The zero-order valence-corrected chi connectivity index (χ0v) is 13.6. The molecule has 3 rings (SSSR count). The normalized spacial score (nSPS) is 24.6. The van der Waals surface area contributed by atoms with Gasteiger partial charge >= 0.3 is 0 Å². The van der Waals surface area contributed by atoms with Crippen LogP contribution in [-0.2, 0) is 20.9 Å². The molecule has 5 nitrogen and oxygen atoms in total. The number of carbonyl (C=O) groups excluding carboxylic acids is 2. The standard InChI is InChI=1S/C16H18ClFN2O3/c1-23-5-4-20-15(21)11-8-19(9-12(11)16(20)22)7-10-2-3-13(17)14(18)6-10/h2-3,6,11-12H,4-5,7-9H2,1H3/t11-,12+. The molecule has 0 aliphatic carbocycles. The summed E-state index contributed by atoms with van der Waals surface area (Å²) >= 11 is 5.68. The van der Waals surface area contributed by atoms with Crippen LogP contribution in [0.1, 0.15) is 5.56 Å². The number of benzene rings is 1. The number of hydrogen-bond acceptors (Lipinski definition) is 4. The van der Waals surface area contributed by atoms with Crippen molar-refractivity contribution in [1.29, 1.82) is 0 Å². The van der Waals surface area contributed by atoms with Gasteiger partial charge in [0.2, 0.25) is 11.8 Å². The highest BCUT2D eigenvalue weighted by atomic mass is 35.5. The quantitative estimate of drug-likeness (QED) is 0.763. The van der Waals surface area contributed by atoms with Gasteiger partial charge in [0.15, 0.2) is 0 Å².